The monoisotopic (exact) mass is 1110 g/mol. The fourth-order valence-corrected chi connectivity index (χ4v) is 10.6. The Kier molecular flexibility index (Phi) is 22.5. The molecule has 10 aromatic rings. The molecule has 0 saturated carbocycles. The summed E-state index contributed by atoms with van der Waals surface area (Å²) in [6.45, 7) is 9.20. The van der Waals surface area contributed by atoms with E-state index in [2.05, 4.69) is 29.2 Å². The summed E-state index contributed by atoms with van der Waals surface area (Å²) in [4.78, 5) is 67.3. The van der Waals surface area contributed by atoms with Crippen molar-refractivity contribution in [2.45, 2.75) is 53.6 Å². The first-order chi connectivity index (χ1) is 37.9. The second-order valence-corrected chi connectivity index (χ2v) is 20.4. The number of nitrogens with zero attached hydrogens (tertiary/aromatic N) is 4. The Morgan fingerprint density at radius 3 is 1.47 bits per heavy atom. The minimum absolute atomic E-state index is 0. The predicted octanol–water partition coefficient (Wildman–Crippen LogP) is 8.97. The van der Waals surface area contributed by atoms with E-state index in [-0.39, 0.29) is 65.8 Å². The van der Waals surface area contributed by atoms with Gasteiger partial charge in [0.25, 0.3) is 0 Å². The third-order valence-corrected chi connectivity index (χ3v) is 14.9. The molecule has 0 unspecified atom stereocenters. The van der Waals surface area contributed by atoms with Gasteiger partial charge in [-0.25, -0.2) is 0 Å². The van der Waals surface area contributed by atoms with Crippen LogP contribution in [0.25, 0.3) is 43.6 Å². The first kappa shape index (κ1) is 61.0. The van der Waals surface area contributed by atoms with Crippen molar-refractivity contribution in [3.63, 3.8) is 0 Å². The van der Waals surface area contributed by atoms with Gasteiger partial charge < -0.3 is 34.5 Å². The molecule has 3 N–H and O–H groups in total. The van der Waals surface area contributed by atoms with Crippen LogP contribution in [0.5, 0.6) is 0 Å². The van der Waals surface area contributed by atoms with Crippen molar-refractivity contribution in [3.05, 3.63) is 216 Å². The Hall–Kier alpha value is -7.25. The predicted molar refractivity (Wildman–Crippen MR) is 309 cm³/mol. The summed E-state index contributed by atoms with van der Waals surface area (Å²) in [7, 11) is 0.750. The van der Waals surface area contributed by atoms with Crippen LogP contribution >= 0.6 is 22.7 Å². The largest absolute Gasteiger partial charge is 1.00 e. The Morgan fingerprint density at radius 1 is 0.595 bits per heavy atom. The summed E-state index contributed by atoms with van der Waals surface area (Å²) in [6, 6.07) is 44.7. The molecule has 4 aromatic heterocycles. The average molecular weight is 1110 g/mol. The van der Waals surface area contributed by atoms with Crippen LogP contribution in [-0.2, 0) is 24.3 Å². The SMILES string of the molecule is CC(C)CCON=O.C[O-].Cc1ccccc1/C(=N\O)C(=O)c1ccc2c(c1)c1cc(C(=O)c3cccs3)ccc1n2CCO.Cc1ccccc1CC(=O)c1ccc2c(c1)c1cc(C(=O)c3cccs3)ccc1n2CCO.[Na+]. The van der Waals surface area contributed by atoms with Crippen molar-refractivity contribution in [3.8, 4) is 0 Å². The molecule has 6 aromatic carbocycles. The van der Waals surface area contributed by atoms with Gasteiger partial charge >= 0.3 is 29.6 Å². The van der Waals surface area contributed by atoms with Crippen LogP contribution in [0.1, 0.15) is 93.7 Å². The first-order valence-electron chi connectivity index (χ1n) is 25.1. The van der Waals surface area contributed by atoms with E-state index in [9.17, 15) is 39.5 Å². The molecule has 0 aliphatic rings. The number of thiophene rings is 2. The number of aliphatic hydroxyl groups excluding tert-OH is 2. The van der Waals surface area contributed by atoms with Crippen molar-refractivity contribution < 1.29 is 74.1 Å². The molecule has 0 aliphatic carbocycles. The van der Waals surface area contributed by atoms with Crippen LogP contribution in [0.15, 0.2) is 167 Å². The summed E-state index contributed by atoms with van der Waals surface area (Å²) in [5.41, 5.74) is 9.22. The molecule has 17 heteroatoms. The summed E-state index contributed by atoms with van der Waals surface area (Å²) in [6.07, 6.45) is 1.24. The van der Waals surface area contributed by atoms with E-state index in [1.807, 2.05) is 143 Å². The number of benzene rings is 6. The molecule has 0 radical (unpaired) electrons. The number of hydrogen-bond acceptors (Lipinski definition) is 14. The minimum atomic E-state index is -0.405. The van der Waals surface area contributed by atoms with Crippen molar-refractivity contribution in [1.82, 2.24) is 9.13 Å². The molecular weight excluding hydrogens is 1050 g/mol. The van der Waals surface area contributed by atoms with E-state index in [1.165, 1.54) is 22.7 Å². The maximum Gasteiger partial charge on any atom is 1.00 e. The number of oxime groups is 1. The summed E-state index contributed by atoms with van der Waals surface area (Å²) in [5.74, 6) is 0.155. The van der Waals surface area contributed by atoms with Crippen LogP contribution in [0.3, 0.4) is 0 Å². The van der Waals surface area contributed by atoms with Gasteiger partial charge in [0.1, 0.15) is 6.61 Å². The Bertz CT molecular complexity index is 3770. The molecule has 10 rings (SSSR count). The van der Waals surface area contributed by atoms with E-state index < -0.39 is 5.78 Å². The number of rotatable bonds is 18. The van der Waals surface area contributed by atoms with Crippen LogP contribution in [-0.4, -0.2) is 80.3 Å². The fraction of sp³-hybridized carbons (Fsp3) is 0.210. The second-order valence-electron chi connectivity index (χ2n) is 18.5. The van der Waals surface area contributed by atoms with Gasteiger partial charge in [0.2, 0.25) is 17.3 Å². The molecule has 0 bridgehead atoms. The summed E-state index contributed by atoms with van der Waals surface area (Å²) in [5, 5.41) is 50.0. The molecule has 0 aliphatic heterocycles. The fourth-order valence-electron chi connectivity index (χ4n) is 9.19. The third-order valence-electron chi connectivity index (χ3n) is 13.1. The number of ketones is 4. The molecule has 0 atom stereocenters. The molecule has 0 fully saturated rings. The Balaban J connectivity index is 0.000000216. The normalized spacial score (nSPS) is 11.0. The molecule has 4 heterocycles. The van der Waals surface area contributed by atoms with E-state index in [4.69, 9.17) is 5.11 Å². The number of fused-ring (bicyclic) bond motifs is 6. The average Bonchev–Trinajstić information content (AvgIpc) is 4.40. The summed E-state index contributed by atoms with van der Waals surface area (Å²) >= 11 is 2.81. The van der Waals surface area contributed by atoms with Gasteiger partial charge in [-0.1, -0.05) is 79.7 Å². The number of aromatic nitrogens is 2. The zero-order valence-corrected chi connectivity index (χ0v) is 48.5. The van der Waals surface area contributed by atoms with E-state index >= 15 is 0 Å². The van der Waals surface area contributed by atoms with E-state index in [0.717, 1.165) is 73.8 Å². The maximum absolute atomic E-state index is 13.4. The second kappa shape index (κ2) is 29.1. The van der Waals surface area contributed by atoms with Crippen LogP contribution < -0.4 is 34.7 Å². The Morgan fingerprint density at radius 2 is 1.04 bits per heavy atom. The summed E-state index contributed by atoms with van der Waals surface area (Å²) < 4.78 is 4.01. The molecule has 0 saturated heterocycles. The zero-order chi connectivity index (χ0) is 55.9. The molecule has 400 valence electrons. The number of carbonyl (C=O) groups excluding carboxylic acids is 4. The van der Waals surface area contributed by atoms with Crippen molar-refractivity contribution in [2.75, 3.05) is 26.9 Å². The van der Waals surface area contributed by atoms with Gasteiger partial charge in [-0.05, 0) is 139 Å². The van der Waals surface area contributed by atoms with Gasteiger partial charge in [-0.2, -0.15) is 7.11 Å². The minimum Gasteiger partial charge on any atom is -0.857 e. The molecule has 14 nitrogen and oxygen atoms in total. The van der Waals surface area contributed by atoms with Gasteiger partial charge in [0.15, 0.2) is 16.8 Å². The van der Waals surface area contributed by atoms with Crippen molar-refractivity contribution in [2.24, 2.45) is 16.4 Å². The van der Waals surface area contributed by atoms with Gasteiger partial charge in [-0.3, -0.25) is 19.2 Å². The number of aliphatic hydroxyl groups is 2. The third kappa shape index (κ3) is 14.1. The first-order valence-corrected chi connectivity index (χ1v) is 26.9. The number of hydrogen-bond donors (Lipinski definition) is 3. The van der Waals surface area contributed by atoms with Crippen LogP contribution in [0.4, 0.5) is 0 Å². The van der Waals surface area contributed by atoms with Crippen LogP contribution in [0, 0.1) is 24.7 Å². The van der Waals surface area contributed by atoms with E-state index in [0.29, 0.717) is 69.6 Å². The van der Waals surface area contributed by atoms with Crippen molar-refractivity contribution in [1.29, 1.82) is 0 Å². The van der Waals surface area contributed by atoms with Gasteiger partial charge in [-0.15, -0.1) is 27.6 Å². The van der Waals surface area contributed by atoms with Gasteiger partial charge in [0.05, 0.1) is 23.0 Å². The van der Waals surface area contributed by atoms with Crippen LogP contribution in [0.2, 0.25) is 0 Å². The Labute approximate surface area is 487 Å². The van der Waals surface area contributed by atoms with Gasteiger partial charge in [0, 0.05) is 90.9 Å². The number of aryl methyl sites for hydroxylation is 2. The zero-order valence-electron chi connectivity index (χ0n) is 44.8. The molecular formula is C62H59N4NaO10S2. The number of carbonyl (C=O) groups is 4. The molecule has 0 amide bonds. The molecule has 0 spiro atoms. The quantitative estimate of drug-likeness (QED) is 0.0141. The smallest absolute Gasteiger partial charge is 0.857 e. The topological polar surface area (TPSA) is 213 Å². The van der Waals surface area contributed by atoms with Crippen molar-refractivity contribution >= 4 is 95.1 Å². The standard InChI is InChI=1S/C28H22N2O4S.C28H23NO3S.C5H11NO2.CH3O.Na/c1-17-5-2-3-6-20(17)26(29-34)28(33)19-9-11-24-22(16-19)21-15-18(27(32)25-7-4-14-35-25)8-10-23(21)30(24)12-13-31;1-18-5-2-3-6-19(18)17-26(31)20-8-10-24-22(15-20)23-16-21(28(32)27-7-4-14-33-27)9-11-25(23)29(24)12-13-30;1-5(2)3-4-8-6-7;1-2;/h2-11,14-16,31,34H,12-13H2,1H3;2-11,14-16,30H,12-13,17H2,1H3;5H,3-4H2,1-2H3;1H3;/q;;;-1;+1/b29-26+;;;;. The van der Waals surface area contributed by atoms with E-state index in [1.54, 1.807) is 36.4 Å². The maximum atomic E-state index is 13.4. The number of Topliss-reactive ketones (excluding diaryl/α,β-unsaturated/α-hetero) is 2. The molecule has 79 heavy (non-hydrogen) atoms.